The minimum Gasteiger partial charge on any atom is -0.481 e. The highest BCUT2D eigenvalue weighted by Crippen LogP contribution is 2.08. The average Bonchev–Trinajstić information content (AvgIpc) is 2.13. The molecule has 0 aromatic heterocycles. The highest BCUT2D eigenvalue weighted by Gasteiger charge is 2.10. The molecule has 0 spiro atoms. The Bertz CT molecular complexity index is 216. The van der Waals surface area contributed by atoms with E-state index in [0.29, 0.717) is 0 Å². The summed E-state index contributed by atoms with van der Waals surface area (Å²) in [6, 6.07) is 0. The lowest BCUT2D eigenvalue weighted by Gasteiger charge is -2.15. The number of allylic oxidation sites excluding steroid dienone is 1. The fourth-order valence-electron chi connectivity index (χ4n) is 0.995. The van der Waals surface area contributed by atoms with Crippen molar-refractivity contribution >= 4 is 5.97 Å². The zero-order chi connectivity index (χ0) is 12.4. The number of hydrogen-bond donors (Lipinski definition) is 1. The van der Waals surface area contributed by atoms with Gasteiger partial charge in [0.1, 0.15) is 11.9 Å². The summed E-state index contributed by atoms with van der Waals surface area (Å²) in [4.78, 5) is 20.1. The minimum absolute atomic E-state index is 0.257. The van der Waals surface area contributed by atoms with E-state index in [2.05, 4.69) is 0 Å². The quantitative estimate of drug-likeness (QED) is 0.301. The molecule has 0 radical (unpaired) electrons. The summed E-state index contributed by atoms with van der Waals surface area (Å²) in [7, 11) is 0. The normalized spacial score (nSPS) is 11.9. The zero-order valence-corrected chi connectivity index (χ0v) is 10.4. The average molecular weight is 230 g/mol. The second-order valence-electron chi connectivity index (χ2n) is 4.66. The Hall–Kier alpha value is -1.03. The summed E-state index contributed by atoms with van der Waals surface area (Å²) in [6.45, 7) is 5.73. The molecule has 0 aliphatic rings. The molecule has 0 fully saturated rings. The van der Waals surface area contributed by atoms with Crippen molar-refractivity contribution in [2.75, 3.05) is 0 Å². The topological polar surface area (TPSA) is 55.8 Å². The van der Waals surface area contributed by atoms with E-state index in [1.807, 2.05) is 26.8 Å². The summed E-state index contributed by atoms with van der Waals surface area (Å²) < 4.78 is 0. The van der Waals surface area contributed by atoms with Crippen molar-refractivity contribution in [2.24, 2.45) is 0 Å². The largest absolute Gasteiger partial charge is 0.481 e. The van der Waals surface area contributed by atoms with Crippen LogP contribution in [-0.4, -0.2) is 16.7 Å². The molecule has 0 unspecified atom stereocenters. The number of unbranched alkanes of at least 4 members (excludes halogenated alkanes) is 3. The molecule has 1 N–H and O–H groups in total. The van der Waals surface area contributed by atoms with Gasteiger partial charge in [-0.15, -0.1) is 0 Å². The van der Waals surface area contributed by atoms with Crippen molar-refractivity contribution in [3.63, 3.8) is 0 Å². The molecule has 0 aliphatic carbocycles. The molecular weight excluding hydrogens is 208 g/mol. The van der Waals surface area contributed by atoms with Crippen LogP contribution in [0, 0.1) is 0 Å². The van der Waals surface area contributed by atoms with Crippen LogP contribution in [-0.2, 0) is 14.6 Å². The molecule has 0 aromatic carbocycles. The zero-order valence-electron chi connectivity index (χ0n) is 10.4. The molecule has 0 rings (SSSR count). The smallest absolute Gasteiger partial charge is 0.303 e. The fraction of sp³-hybridized carbons (Fsp3) is 0.750. The van der Waals surface area contributed by atoms with Gasteiger partial charge in [-0.25, -0.2) is 0 Å². The van der Waals surface area contributed by atoms with Crippen molar-refractivity contribution in [1.29, 1.82) is 0 Å². The van der Waals surface area contributed by atoms with Gasteiger partial charge in [-0.1, -0.05) is 6.42 Å². The minimum atomic E-state index is -0.725. The predicted octanol–water partition coefficient (Wildman–Crippen LogP) is 3.28. The first-order valence-electron chi connectivity index (χ1n) is 5.63. The van der Waals surface area contributed by atoms with Gasteiger partial charge in [0.15, 0.2) is 0 Å². The molecule has 0 saturated heterocycles. The fourth-order valence-corrected chi connectivity index (χ4v) is 0.995. The maximum Gasteiger partial charge on any atom is 0.303 e. The molecule has 0 saturated carbocycles. The number of aliphatic carboxylic acids is 1. The molecule has 0 aromatic rings. The lowest BCUT2D eigenvalue weighted by molar-refractivity contribution is -0.310. The maximum atomic E-state index is 10.2. The summed E-state index contributed by atoms with van der Waals surface area (Å²) in [5.41, 5.74) is -0.300. The van der Waals surface area contributed by atoms with Gasteiger partial charge >= 0.3 is 5.97 Å². The number of carboxylic acid groups (broad SMARTS) is 1. The van der Waals surface area contributed by atoms with Crippen molar-refractivity contribution in [2.45, 2.75) is 58.5 Å². The van der Waals surface area contributed by atoms with Gasteiger partial charge in [0, 0.05) is 6.42 Å². The van der Waals surface area contributed by atoms with Crippen LogP contribution >= 0.6 is 0 Å². The van der Waals surface area contributed by atoms with Gasteiger partial charge in [-0.2, -0.15) is 4.89 Å². The Morgan fingerprint density at radius 2 is 1.94 bits per heavy atom. The first kappa shape index (κ1) is 15.0. The molecule has 4 nitrogen and oxygen atoms in total. The lowest BCUT2D eigenvalue weighted by atomic mass is 10.1. The lowest BCUT2D eigenvalue weighted by Crippen LogP contribution is -2.17. The Morgan fingerprint density at radius 1 is 1.25 bits per heavy atom. The van der Waals surface area contributed by atoms with Gasteiger partial charge in [0.05, 0.1) is 0 Å². The van der Waals surface area contributed by atoms with Crippen molar-refractivity contribution in [1.82, 2.24) is 0 Å². The second-order valence-corrected chi connectivity index (χ2v) is 4.66. The number of carbonyl (C=O) groups is 1. The van der Waals surface area contributed by atoms with Crippen LogP contribution in [0.4, 0.5) is 0 Å². The van der Waals surface area contributed by atoms with Crippen molar-refractivity contribution in [3.8, 4) is 0 Å². The van der Waals surface area contributed by atoms with Crippen LogP contribution in [0.5, 0.6) is 0 Å². The Balaban J connectivity index is 3.25. The molecule has 94 valence electrons. The summed E-state index contributed by atoms with van der Waals surface area (Å²) >= 11 is 0. The third kappa shape index (κ3) is 13.0. The van der Waals surface area contributed by atoms with Crippen LogP contribution in [0.1, 0.15) is 52.9 Å². The van der Waals surface area contributed by atoms with Crippen LogP contribution in [0.25, 0.3) is 0 Å². The SMILES string of the molecule is CC(C)(C)OO/C=C/CCCCCC(=O)O. The van der Waals surface area contributed by atoms with E-state index in [1.54, 1.807) is 0 Å². The number of rotatable bonds is 8. The van der Waals surface area contributed by atoms with Crippen molar-refractivity contribution < 1.29 is 19.7 Å². The van der Waals surface area contributed by atoms with E-state index in [9.17, 15) is 4.79 Å². The van der Waals surface area contributed by atoms with Gasteiger partial charge in [0.25, 0.3) is 0 Å². The standard InChI is InChI=1S/C12H22O4/c1-12(2,3)16-15-10-8-6-4-5-7-9-11(13)14/h8,10H,4-7,9H2,1-3H3,(H,13,14)/b10-8+. The van der Waals surface area contributed by atoms with Gasteiger partial charge < -0.3 is 9.99 Å². The third-order valence-corrected chi connectivity index (χ3v) is 1.71. The molecule has 0 amide bonds. The highest BCUT2D eigenvalue weighted by molar-refractivity contribution is 5.66. The molecule has 0 aliphatic heterocycles. The van der Waals surface area contributed by atoms with Gasteiger partial charge in [-0.05, 0) is 46.1 Å². The van der Waals surface area contributed by atoms with Crippen LogP contribution in [0.2, 0.25) is 0 Å². The molecule has 0 bridgehead atoms. The first-order valence-corrected chi connectivity index (χ1v) is 5.63. The van der Waals surface area contributed by atoms with Crippen LogP contribution in [0.3, 0.4) is 0 Å². The Labute approximate surface area is 97.2 Å². The van der Waals surface area contributed by atoms with E-state index < -0.39 is 5.97 Å². The predicted molar refractivity (Wildman–Crippen MR) is 61.8 cm³/mol. The Morgan fingerprint density at radius 3 is 2.50 bits per heavy atom. The molecular formula is C12H22O4. The first-order chi connectivity index (χ1) is 7.42. The number of carboxylic acids is 1. The summed E-state index contributed by atoms with van der Waals surface area (Å²) in [5.74, 6) is -0.725. The van der Waals surface area contributed by atoms with Crippen molar-refractivity contribution in [3.05, 3.63) is 12.3 Å². The third-order valence-electron chi connectivity index (χ3n) is 1.71. The number of hydrogen-bond acceptors (Lipinski definition) is 3. The highest BCUT2D eigenvalue weighted by atomic mass is 17.2. The van der Waals surface area contributed by atoms with E-state index in [1.165, 1.54) is 6.26 Å². The summed E-state index contributed by atoms with van der Waals surface area (Å²) in [6.07, 6.45) is 7.19. The van der Waals surface area contributed by atoms with Crippen LogP contribution in [0.15, 0.2) is 12.3 Å². The maximum absolute atomic E-state index is 10.2. The van der Waals surface area contributed by atoms with Gasteiger partial charge in [0.2, 0.25) is 0 Å². The molecule has 4 heteroatoms. The monoisotopic (exact) mass is 230 g/mol. The Kier molecular flexibility index (Phi) is 7.64. The molecule has 0 atom stereocenters. The van der Waals surface area contributed by atoms with E-state index in [0.717, 1.165) is 25.7 Å². The van der Waals surface area contributed by atoms with E-state index in [4.69, 9.17) is 14.9 Å². The van der Waals surface area contributed by atoms with Crippen LogP contribution < -0.4 is 0 Å². The van der Waals surface area contributed by atoms with E-state index in [-0.39, 0.29) is 12.0 Å². The van der Waals surface area contributed by atoms with E-state index >= 15 is 0 Å². The molecule has 16 heavy (non-hydrogen) atoms. The van der Waals surface area contributed by atoms with Gasteiger partial charge in [-0.3, -0.25) is 4.79 Å². The summed E-state index contributed by atoms with van der Waals surface area (Å²) in [5, 5.41) is 8.41. The second kappa shape index (κ2) is 8.16. The molecule has 0 heterocycles.